The van der Waals surface area contributed by atoms with Gasteiger partial charge in [0.1, 0.15) is 5.82 Å². The summed E-state index contributed by atoms with van der Waals surface area (Å²) in [6.07, 6.45) is 6.13. The quantitative estimate of drug-likeness (QED) is 0.853. The highest BCUT2D eigenvalue weighted by molar-refractivity contribution is 6.31. The molecular weight excluding hydrogens is 237 g/mol. The number of hydrogen-bond acceptors (Lipinski definition) is 1. The van der Waals surface area contributed by atoms with E-state index in [1.54, 1.807) is 13.0 Å². The molecule has 1 aromatic rings. The molecule has 1 aliphatic rings. The first-order valence-corrected chi connectivity index (χ1v) is 6.67. The molecule has 1 saturated carbocycles. The Morgan fingerprint density at radius 2 is 2.06 bits per heavy atom. The fraction of sp³-hybridized carbons (Fsp3) is 0.571. The number of rotatable bonds is 3. The highest BCUT2D eigenvalue weighted by Crippen LogP contribution is 2.34. The van der Waals surface area contributed by atoms with Crippen LogP contribution in [-0.4, -0.2) is 0 Å². The third-order valence-corrected chi connectivity index (χ3v) is 4.07. The Hall–Kier alpha value is -0.600. The molecular formula is C14H19ClFN. The van der Waals surface area contributed by atoms with E-state index >= 15 is 0 Å². The Morgan fingerprint density at radius 3 is 2.71 bits per heavy atom. The average molecular weight is 256 g/mol. The van der Waals surface area contributed by atoms with Crippen molar-refractivity contribution in [3.8, 4) is 0 Å². The maximum absolute atomic E-state index is 13.3. The van der Waals surface area contributed by atoms with E-state index in [1.165, 1.54) is 31.7 Å². The second kappa shape index (κ2) is 5.36. The van der Waals surface area contributed by atoms with E-state index < -0.39 is 0 Å². The van der Waals surface area contributed by atoms with Crippen LogP contribution >= 0.6 is 11.6 Å². The second-order valence-electron chi connectivity index (χ2n) is 5.12. The Balaban J connectivity index is 2.12. The second-order valence-corrected chi connectivity index (χ2v) is 5.52. The number of hydrogen-bond donors (Lipinski definition) is 1. The lowest BCUT2D eigenvalue weighted by atomic mass is 9.93. The molecule has 0 aromatic heterocycles. The molecule has 0 bridgehead atoms. The zero-order valence-electron chi connectivity index (χ0n) is 10.2. The molecule has 0 amide bonds. The largest absolute Gasteiger partial charge is 0.324 e. The van der Waals surface area contributed by atoms with Crippen LogP contribution in [0.15, 0.2) is 12.1 Å². The van der Waals surface area contributed by atoms with Crippen molar-refractivity contribution in [3.05, 3.63) is 34.1 Å². The first-order chi connectivity index (χ1) is 8.08. The smallest absolute Gasteiger partial charge is 0.127 e. The van der Waals surface area contributed by atoms with Crippen molar-refractivity contribution in [2.45, 2.75) is 45.1 Å². The molecule has 0 aliphatic heterocycles. The minimum absolute atomic E-state index is 0.0649. The van der Waals surface area contributed by atoms with Crippen molar-refractivity contribution < 1.29 is 4.39 Å². The Kier molecular flexibility index (Phi) is 4.05. The van der Waals surface area contributed by atoms with Gasteiger partial charge >= 0.3 is 0 Å². The SMILES string of the molecule is Cc1cc(C(N)CC2CCCC2)c(Cl)cc1F. The molecule has 2 rings (SSSR count). The molecule has 0 saturated heterocycles. The van der Waals surface area contributed by atoms with Crippen molar-refractivity contribution in [1.82, 2.24) is 0 Å². The van der Waals surface area contributed by atoms with Crippen molar-refractivity contribution in [2.24, 2.45) is 11.7 Å². The van der Waals surface area contributed by atoms with Crippen molar-refractivity contribution in [3.63, 3.8) is 0 Å². The summed E-state index contributed by atoms with van der Waals surface area (Å²) in [5, 5.41) is 0.457. The highest BCUT2D eigenvalue weighted by atomic mass is 35.5. The van der Waals surface area contributed by atoms with E-state index in [4.69, 9.17) is 17.3 Å². The van der Waals surface area contributed by atoms with E-state index in [0.29, 0.717) is 16.5 Å². The Labute approximate surface area is 107 Å². The molecule has 1 atom stereocenters. The summed E-state index contributed by atoms with van der Waals surface area (Å²) in [4.78, 5) is 0. The third-order valence-electron chi connectivity index (χ3n) is 3.74. The van der Waals surface area contributed by atoms with Gasteiger partial charge in [-0.2, -0.15) is 0 Å². The minimum atomic E-state index is -0.258. The normalized spacial score (nSPS) is 18.6. The summed E-state index contributed by atoms with van der Waals surface area (Å²) in [5.41, 5.74) is 7.69. The first-order valence-electron chi connectivity index (χ1n) is 6.29. The van der Waals surface area contributed by atoms with E-state index in [-0.39, 0.29) is 11.9 Å². The molecule has 1 fully saturated rings. The Morgan fingerprint density at radius 1 is 1.41 bits per heavy atom. The van der Waals surface area contributed by atoms with Gasteiger partial charge in [-0.3, -0.25) is 0 Å². The number of benzene rings is 1. The van der Waals surface area contributed by atoms with E-state index in [1.807, 2.05) is 0 Å². The van der Waals surface area contributed by atoms with Crippen LogP contribution in [0, 0.1) is 18.7 Å². The zero-order valence-corrected chi connectivity index (χ0v) is 10.9. The van der Waals surface area contributed by atoms with E-state index in [2.05, 4.69) is 0 Å². The van der Waals surface area contributed by atoms with Crippen molar-refractivity contribution in [2.75, 3.05) is 0 Å². The summed E-state index contributed by atoms with van der Waals surface area (Å²) in [6.45, 7) is 1.75. The van der Waals surface area contributed by atoms with Gasteiger partial charge in [0.05, 0.1) is 0 Å². The van der Waals surface area contributed by atoms with E-state index in [9.17, 15) is 4.39 Å². The molecule has 1 aliphatic carbocycles. The van der Waals surface area contributed by atoms with Crippen LogP contribution in [0.1, 0.15) is 49.3 Å². The topological polar surface area (TPSA) is 26.0 Å². The number of nitrogens with two attached hydrogens (primary N) is 1. The predicted octanol–water partition coefficient (Wildman–Crippen LogP) is 4.37. The van der Waals surface area contributed by atoms with Crippen LogP contribution in [-0.2, 0) is 0 Å². The fourth-order valence-electron chi connectivity index (χ4n) is 2.70. The van der Waals surface area contributed by atoms with Crippen LogP contribution in [0.25, 0.3) is 0 Å². The predicted molar refractivity (Wildman–Crippen MR) is 69.7 cm³/mol. The third kappa shape index (κ3) is 2.99. The summed E-state index contributed by atoms with van der Waals surface area (Å²) in [7, 11) is 0. The van der Waals surface area contributed by atoms with Crippen LogP contribution in [0.3, 0.4) is 0 Å². The van der Waals surface area contributed by atoms with Crippen LogP contribution in [0.4, 0.5) is 4.39 Å². The first kappa shape index (κ1) is 12.8. The van der Waals surface area contributed by atoms with Gasteiger partial charge in [-0.1, -0.05) is 43.4 Å². The van der Waals surface area contributed by atoms with Crippen LogP contribution < -0.4 is 5.73 Å². The zero-order chi connectivity index (χ0) is 12.4. The molecule has 2 N–H and O–H groups in total. The lowest BCUT2D eigenvalue weighted by Crippen LogP contribution is -2.15. The molecule has 1 nitrogen and oxygen atoms in total. The van der Waals surface area contributed by atoms with Gasteiger partial charge in [-0.15, -0.1) is 0 Å². The van der Waals surface area contributed by atoms with E-state index in [0.717, 1.165) is 12.0 Å². The summed E-state index contributed by atoms with van der Waals surface area (Å²) in [6, 6.07) is 3.10. The molecule has 1 unspecified atom stereocenters. The molecule has 0 radical (unpaired) electrons. The highest BCUT2D eigenvalue weighted by Gasteiger charge is 2.20. The maximum Gasteiger partial charge on any atom is 0.127 e. The summed E-state index contributed by atoms with van der Waals surface area (Å²) < 4.78 is 13.3. The maximum atomic E-state index is 13.3. The average Bonchev–Trinajstić information content (AvgIpc) is 2.76. The summed E-state index contributed by atoms with van der Waals surface area (Å²) in [5.74, 6) is 0.457. The number of aryl methyl sites for hydroxylation is 1. The van der Waals surface area contributed by atoms with Crippen molar-refractivity contribution in [1.29, 1.82) is 0 Å². The lowest BCUT2D eigenvalue weighted by molar-refractivity contribution is 0.450. The van der Waals surface area contributed by atoms with Gasteiger partial charge in [0.15, 0.2) is 0 Å². The van der Waals surface area contributed by atoms with Gasteiger partial charge in [0, 0.05) is 11.1 Å². The Bertz CT molecular complexity index is 399. The van der Waals surface area contributed by atoms with Crippen molar-refractivity contribution >= 4 is 11.6 Å². The monoisotopic (exact) mass is 255 g/mol. The van der Waals surface area contributed by atoms with Gasteiger partial charge in [-0.25, -0.2) is 4.39 Å². The molecule has 1 aromatic carbocycles. The fourth-order valence-corrected chi connectivity index (χ4v) is 2.99. The molecule has 17 heavy (non-hydrogen) atoms. The summed E-state index contributed by atoms with van der Waals surface area (Å²) >= 11 is 6.06. The minimum Gasteiger partial charge on any atom is -0.324 e. The lowest BCUT2D eigenvalue weighted by Gasteiger charge is -2.18. The molecule has 94 valence electrons. The number of halogens is 2. The van der Waals surface area contributed by atoms with Gasteiger partial charge in [-0.05, 0) is 36.5 Å². The van der Waals surface area contributed by atoms with Gasteiger partial charge in [0.25, 0.3) is 0 Å². The molecule has 0 spiro atoms. The van der Waals surface area contributed by atoms with Crippen LogP contribution in [0.5, 0.6) is 0 Å². The van der Waals surface area contributed by atoms with Crippen LogP contribution in [0.2, 0.25) is 5.02 Å². The van der Waals surface area contributed by atoms with Gasteiger partial charge < -0.3 is 5.73 Å². The molecule has 0 heterocycles. The molecule has 3 heteroatoms. The van der Waals surface area contributed by atoms with Gasteiger partial charge in [0.2, 0.25) is 0 Å². The standard InChI is InChI=1S/C14H19ClFN/c1-9-6-11(12(15)8-13(9)16)14(17)7-10-4-2-3-5-10/h6,8,10,14H,2-5,7,17H2,1H3.